The molecule has 1 heterocycles. The quantitative estimate of drug-likeness (QED) is 0.772. The Kier molecular flexibility index (Phi) is 4.70. The first kappa shape index (κ1) is 16.4. The van der Waals surface area contributed by atoms with E-state index >= 15 is 0 Å². The molecule has 126 valence electrons. The number of amides is 1. The highest BCUT2D eigenvalue weighted by Crippen LogP contribution is 2.28. The molecule has 3 rings (SSSR count). The van der Waals surface area contributed by atoms with Crippen LogP contribution in [0.15, 0.2) is 23.1 Å². The Labute approximate surface area is 136 Å². The van der Waals surface area contributed by atoms with Crippen molar-refractivity contribution in [2.75, 3.05) is 11.9 Å². The van der Waals surface area contributed by atoms with Crippen LogP contribution in [0.5, 0.6) is 0 Å². The van der Waals surface area contributed by atoms with Gasteiger partial charge in [-0.1, -0.05) is 6.42 Å². The minimum Gasteiger partial charge on any atom is -0.330 e. The molecule has 1 aliphatic carbocycles. The van der Waals surface area contributed by atoms with Gasteiger partial charge >= 0.3 is 0 Å². The Bertz CT molecular complexity index is 703. The van der Waals surface area contributed by atoms with Crippen molar-refractivity contribution in [2.24, 2.45) is 11.7 Å². The summed E-state index contributed by atoms with van der Waals surface area (Å²) in [6.07, 6.45) is 4.71. The van der Waals surface area contributed by atoms with Gasteiger partial charge in [0.2, 0.25) is 15.9 Å². The second-order valence-corrected chi connectivity index (χ2v) is 8.09. The predicted octanol–water partition coefficient (Wildman–Crippen LogP) is 1.37. The molecule has 1 fully saturated rings. The second-order valence-electron chi connectivity index (χ2n) is 6.38. The van der Waals surface area contributed by atoms with E-state index in [0.29, 0.717) is 25.1 Å². The van der Waals surface area contributed by atoms with E-state index in [4.69, 9.17) is 5.73 Å². The maximum absolute atomic E-state index is 12.6. The summed E-state index contributed by atoms with van der Waals surface area (Å²) in [4.78, 5) is 11.8. The molecule has 1 saturated carbocycles. The average Bonchev–Trinajstić information content (AvgIpc) is 2.85. The fourth-order valence-corrected chi connectivity index (χ4v) is 4.85. The van der Waals surface area contributed by atoms with Crippen molar-refractivity contribution < 1.29 is 13.2 Å². The molecule has 1 aliphatic heterocycles. The van der Waals surface area contributed by atoms with Crippen LogP contribution in [0.4, 0.5) is 5.69 Å². The van der Waals surface area contributed by atoms with Crippen molar-refractivity contribution in [1.82, 2.24) is 4.72 Å². The van der Waals surface area contributed by atoms with Crippen LogP contribution < -0.4 is 15.8 Å². The molecule has 2 unspecified atom stereocenters. The van der Waals surface area contributed by atoms with Crippen molar-refractivity contribution in [3.05, 3.63) is 23.8 Å². The first-order valence-electron chi connectivity index (χ1n) is 8.15. The number of benzene rings is 1. The molecule has 0 spiro atoms. The van der Waals surface area contributed by atoms with Crippen LogP contribution in [-0.4, -0.2) is 26.9 Å². The van der Waals surface area contributed by atoms with Crippen LogP contribution in [0.3, 0.4) is 0 Å². The molecule has 0 bridgehead atoms. The molecule has 0 radical (unpaired) electrons. The first-order chi connectivity index (χ1) is 11.0. The van der Waals surface area contributed by atoms with Crippen LogP contribution in [0, 0.1) is 5.92 Å². The fourth-order valence-electron chi connectivity index (χ4n) is 3.46. The number of nitrogens with two attached hydrogens (primary N) is 1. The number of carbonyl (C=O) groups excluding carboxylic acids is 1. The third kappa shape index (κ3) is 3.57. The number of hydrogen-bond donors (Lipinski definition) is 3. The summed E-state index contributed by atoms with van der Waals surface area (Å²) in [5.74, 6) is 0.194. The maximum atomic E-state index is 12.6. The lowest BCUT2D eigenvalue weighted by molar-refractivity contribution is -0.116. The molecule has 6 nitrogen and oxygen atoms in total. The smallest absolute Gasteiger partial charge is 0.240 e. The molecule has 1 amide bonds. The van der Waals surface area contributed by atoms with Gasteiger partial charge in [0.25, 0.3) is 0 Å². The zero-order chi connectivity index (χ0) is 16.4. The van der Waals surface area contributed by atoms with Crippen molar-refractivity contribution in [3.8, 4) is 0 Å². The molecule has 0 saturated heterocycles. The lowest BCUT2D eigenvalue weighted by atomic mass is 10.1. The van der Waals surface area contributed by atoms with Crippen LogP contribution in [0.2, 0.25) is 0 Å². The maximum Gasteiger partial charge on any atom is 0.240 e. The van der Waals surface area contributed by atoms with Crippen molar-refractivity contribution in [3.63, 3.8) is 0 Å². The highest BCUT2D eigenvalue weighted by Gasteiger charge is 2.30. The fraction of sp³-hybridized carbons (Fsp3) is 0.562. The summed E-state index contributed by atoms with van der Waals surface area (Å²) in [6.45, 7) is 0.503. The van der Waals surface area contributed by atoms with E-state index in [9.17, 15) is 13.2 Å². The monoisotopic (exact) mass is 337 g/mol. The van der Waals surface area contributed by atoms with Crippen molar-refractivity contribution in [1.29, 1.82) is 0 Å². The lowest BCUT2D eigenvalue weighted by Gasteiger charge is -2.20. The SMILES string of the molecule is NCC1CCCC1NS(=O)(=O)c1ccc2c(c1)CCCC(=O)N2. The highest BCUT2D eigenvalue weighted by atomic mass is 32.2. The number of rotatable bonds is 4. The van der Waals surface area contributed by atoms with E-state index in [1.165, 1.54) is 0 Å². The number of hydrogen-bond acceptors (Lipinski definition) is 4. The zero-order valence-electron chi connectivity index (χ0n) is 13.0. The molecule has 1 aromatic carbocycles. The van der Waals surface area contributed by atoms with Gasteiger partial charge in [-0.15, -0.1) is 0 Å². The van der Waals surface area contributed by atoms with Crippen molar-refractivity contribution in [2.45, 2.75) is 49.5 Å². The lowest BCUT2D eigenvalue weighted by Crippen LogP contribution is -2.39. The second kappa shape index (κ2) is 6.59. The van der Waals surface area contributed by atoms with Gasteiger partial charge in [-0.05, 0) is 61.9 Å². The third-order valence-corrected chi connectivity index (χ3v) is 6.27. The van der Waals surface area contributed by atoms with Crippen LogP contribution in [0.1, 0.15) is 37.7 Å². The summed E-state index contributed by atoms with van der Waals surface area (Å²) in [6, 6.07) is 4.83. The van der Waals surface area contributed by atoms with Gasteiger partial charge in [0.1, 0.15) is 0 Å². The van der Waals surface area contributed by atoms with Gasteiger partial charge in [-0.25, -0.2) is 13.1 Å². The van der Waals surface area contributed by atoms with Gasteiger partial charge in [0, 0.05) is 18.2 Å². The molecule has 4 N–H and O–H groups in total. The molecule has 1 aromatic rings. The molecule has 2 aliphatic rings. The normalized spacial score (nSPS) is 24.8. The van der Waals surface area contributed by atoms with Gasteiger partial charge in [0.15, 0.2) is 0 Å². The van der Waals surface area contributed by atoms with E-state index in [1.54, 1.807) is 18.2 Å². The number of nitrogens with one attached hydrogen (secondary N) is 2. The topological polar surface area (TPSA) is 101 Å². The molecule has 2 atom stereocenters. The Morgan fingerprint density at radius 1 is 1.22 bits per heavy atom. The highest BCUT2D eigenvalue weighted by molar-refractivity contribution is 7.89. The Balaban J connectivity index is 1.83. The largest absolute Gasteiger partial charge is 0.330 e. The summed E-state index contributed by atoms with van der Waals surface area (Å²) in [5.41, 5.74) is 7.32. The Morgan fingerprint density at radius 2 is 2.04 bits per heavy atom. The number of aryl methyl sites for hydroxylation is 1. The van der Waals surface area contributed by atoms with E-state index in [-0.39, 0.29) is 22.8 Å². The predicted molar refractivity (Wildman–Crippen MR) is 88.5 cm³/mol. The van der Waals surface area contributed by atoms with E-state index in [2.05, 4.69) is 10.0 Å². The summed E-state index contributed by atoms with van der Waals surface area (Å²) >= 11 is 0. The third-order valence-electron chi connectivity index (χ3n) is 4.78. The minimum atomic E-state index is -3.56. The molecule has 23 heavy (non-hydrogen) atoms. The van der Waals surface area contributed by atoms with E-state index in [1.807, 2.05) is 0 Å². The number of sulfonamides is 1. The number of carbonyl (C=O) groups is 1. The van der Waals surface area contributed by atoms with E-state index < -0.39 is 10.0 Å². The number of fused-ring (bicyclic) bond motifs is 1. The summed E-state index contributed by atoms with van der Waals surface area (Å²) < 4.78 is 28.1. The Hall–Kier alpha value is -1.44. The number of anilines is 1. The average molecular weight is 337 g/mol. The summed E-state index contributed by atoms with van der Waals surface area (Å²) in [7, 11) is -3.56. The van der Waals surface area contributed by atoms with Crippen LogP contribution >= 0.6 is 0 Å². The van der Waals surface area contributed by atoms with Crippen LogP contribution in [0.25, 0.3) is 0 Å². The van der Waals surface area contributed by atoms with Crippen molar-refractivity contribution >= 4 is 21.6 Å². The molecule has 7 heteroatoms. The van der Waals surface area contributed by atoms with Gasteiger partial charge < -0.3 is 11.1 Å². The van der Waals surface area contributed by atoms with Gasteiger partial charge in [-0.3, -0.25) is 4.79 Å². The summed E-state index contributed by atoms with van der Waals surface area (Å²) in [5, 5.41) is 2.82. The Morgan fingerprint density at radius 3 is 2.83 bits per heavy atom. The minimum absolute atomic E-state index is 0.0192. The standard InChI is InChI=1S/C16H23N3O3S/c17-10-12-4-1-5-15(12)19-23(21,22)13-7-8-14-11(9-13)3-2-6-16(20)18-14/h7-9,12,15,19H,1-6,10,17H2,(H,18,20). The molecular weight excluding hydrogens is 314 g/mol. The van der Waals surface area contributed by atoms with Crippen LogP contribution in [-0.2, 0) is 21.2 Å². The molecular formula is C16H23N3O3S. The van der Waals surface area contributed by atoms with E-state index in [0.717, 1.165) is 31.2 Å². The molecule has 0 aromatic heterocycles. The first-order valence-corrected chi connectivity index (χ1v) is 9.63. The zero-order valence-corrected chi connectivity index (χ0v) is 13.9. The van der Waals surface area contributed by atoms with Gasteiger partial charge in [-0.2, -0.15) is 0 Å². The van der Waals surface area contributed by atoms with Gasteiger partial charge in [0.05, 0.1) is 4.90 Å².